The molecule has 21 heavy (non-hydrogen) atoms. The van der Waals surface area contributed by atoms with Crippen molar-refractivity contribution in [2.24, 2.45) is 0 Å². The van der Waals surface area contributed by atoms with Crippen LogP contribution in [0.4, 0.5) is 5.95 Å². The first-order valence-electron chi connectivity index (χ1n) is 6.66. The lowest BCUT2D eigenvalue weighted by Gasteiger charge is -2.15. The number of hydrogen-bond donors (Lipinski definition) is 1. The molecule has 108 valence electrons. The van der Waals surface area contributed by atoms with Crippen molar-refractivity contribution in [2.45, 2.75) is 19.5 Å². The van der Waals surface area contributed by atoms with Gasteiger partial charge in [-0.25, -0.2) is 9.97 Å². The molecular formula is C15H16N4O2. The molecule has 2 heterocycles. The van der Waals surface area contributed by atoms with Gasteiger partial charge in [0.05, 0.1) is 25.8 Å². The normalized spacial score (nSPS) is 13.1. The lowest BCUT2D eigenvalue weighted by molar-refractivity contribution is -0.131. The molecule has 1 aromatic heterocycles. The summed E-state index contributed by atoms with van der Waals surface area (Å²) >= 11 is 0. The largest absolute Gasteiger partial charge is 0.497 e. The molecule has 0 spiro atoms. The number of hydrogen-bond acceptors (Lipinski definition) is 5. The standard InChI is InChI=1S/C15H16N4O2/c1-21-12-4-2-3-10(5-12)6-14(20)19-8-11-7-17-15(16)18-13(11)9-19/h2-5,7H,6,8-9H2,1H3,(H2,16,17,18). The monoisotopic (exact) mass is 284 g/mol. The number of methoxy groups -OCH3 is 1. The van der Waals surface area contributed by atoms with E-state index in [0.29, 0.717) is 19.5 Å². The summed E-state index contributed by atoms with van der Waals surface area (Å²) in [5.41, 5.74) is 8.30. The fourth-order valence-electron chi connectivity index (χ4n) is 2.41. The summed E-state index contributed by atoms with van der Waals surface area (Å²) in [6.45, 7) is 1.03. The van der Waals surface area contributed by atoms with E-state index >= 15 is 0 Å². The Morgan fingerprint density at radius 1 is 1.43 bits per heavy atom. The summed E-state index contributed by atoms with van der Waals surface area (Å²) in [4.78, 5) is 22.3. The molecule has 0 atom stereocenters. The molecule has 6 heteroatoms. The van der Waals surface area contributed by atoms with Crippen molar-refractivity contribution in [1.82, 2.24) is 14.9 Å². The van der Waals surface area contributed by atoms with Crippen molar-refractivity contribution in [3.63, 3.8) is 0 Å². The SMILES string of the molecule is COc1cccc(CC(=O)N2Cc3cnc(N)nc3C2)c1. The average molecular weight is 284 g/mol. The minimum atomic E-state index is 0.0554. The highest BCUT2D eigenvalue weighted by Crippen LogP contribution is 2.22. The zero-order valence-corrected chi connectivity index (χ0v) is 11.7. The third-order valence-corrected chi connectivity index (χ3v) is 3.52. The Bertz CT molecular complexity index is 687. The van der Waals surface area contributed by atoms with Crippen LogP contribution < -0.4 is 10.5 Å². The maximum absolute atomic E-state index is 12.4. The van der Waals surface area contributed by atoms with Gasteiger partial charge in [-0.2, -0.15) is 0 Å². The molecule has 6 nitrogen and oxygen atoms in total. The fraction of sp³-hybridized carbons (Fsp3) is 0.267. The first kappa shape index (κ1) is 13.4. The van der Waals surface area contributed by atoms with Gasteiger partial charge in [0.1, 0.15) is 5.75 Å². The van der Waals surface area contributed by atoms with E-state index in [-0.39, 0.29) is 11.9 Å². The van der Waals surface area contributed by atoms with Gasteiger partial charge in [0.2, 0.25) is 11.9 Å². The number of aromatic nitrogens is 2. The molecule has 1 aliphatic heterocycles. The summed E-state index contributed by atoms with van der Waals surface area (Å²) in [5.74, 6) is 1.05. The Balaban J connectivity index is 1.70. The molecule has 0 fully saturated rings. The van der Waals surface area contributed by atoms with Crippen LogP contribution in [0.3, 0.4) is 0 Å². The molecule has 1 aromatic carbocycles. The number of rotatable bonds is 3. The van der Waals surface area contributed by atoms with E-state index in [1.165, 1.54) is 0 Å². The molecule has 2 aromatic rings. The third-order valence-electron chi connectivity index (χ3n) is 3.52. The van der Waals surface area contributed by atoms with Gasteiger partial charge in [0.15, 0.2) is 0 Å². The Morgan fingerprint density at radius 3 is 3.10 bits per heavy atom. The maximum atomic E-state index is 12.4. The minimum absolute atomic E-state index is 0.0554. The Kier molecular flexibility index (Phi) is 3.43. The quantitative estimate of drug-likeness (QED) is 0.914. The fourth-order valence-corrected chi connectivity index (χ4v) is 2.41. The molecule has 1 amide bonds. The Hall–Kier alpha value is -2.63. The minimum Gasteiger partial charge on any atom is -0.497 e. The number of nitrogens with zero attached hydrogens (tertiary/aromatic N) is 3. The van der Waals surface area contributed by atoms with Gasteiger partial charge < -0.3 is 15.4 Å². The smallest absolute Gasteiger partial charge is 0.227 e. The summed E-state index contributed by atoms with van der Waals surface area (Å²) in [7, 11) is 1.61. The second-order valence-corrected chi connectivity index (χ2v) is 4.98. The maximum Gasteiger partial charge on any atom is 0.227 e. The van der Waals surface area contributed by atoms with Crippen LogP contribution >= 0.6 is 0 Å². The van der Waals surface area contributed by atoms with Crippen molar-refractivity contribution < 1.29 is 9.53 Å². The summed E-state index contributed by atoms with van der Waals surface area (Å²) < 4.78 is 5.17. The molecule has 0 radical (unpaired) electrons. The highest BCUT2D eigenvalue weighted by atomic mass is 16.5. The van der Waals surface area contributed by atoms with Gasteiger partial charge in [0.25, 0.3) is 0 Å². The number of nitrogens with two attached hydrogens (primary N) is 1. The number of carbonyl (C=O) groups is 1. The predicted octanol–water partition coefficient (Wildman–Crippen LogP) is 1.15. The van der Waals surface area contributed by atoms with E-state index < -0.39 is 0 Å². The second-order valence-electron chi connectivity index (χ2n) is 4.98. The second kappa shape index (κ2) is 5.40. The van der Waals surface area contributed by atoms with E-state index in [2.05, 4.69) is 9.97 Å². The summed E-state index contributed by atoms with van der Waals surface area (Å²) in [5, 5.41) is 0. The number of benzene rings is 1. The number of fused-ring (bicyclic) bond motifs is 1. The molecule has 0 saturated carbocycles. The van der Waals surface area contributed by atoms with Gasteiger partial charge in [-0.3, -0.25) is 4.79 Å². The molecular weight excluding hydrogens is 268 g/mol. The topological polar surface area (TPSA) is 81.3 Å². The number of amides is 1. The number of nitrogen functional groups attached to an aromatic ring is 1. The molecule has 0 unspecified atom stereocenters. The molecule has 1 aliphatic rings. The van der Waals surface area contributed by atoms with E-state index in [1.54, 1.807) is 18.2 Å². The van der Waals surface area contributed by atoms with Crippen LogP contribution in [0, 0.1) is 0 Å². The van der Waals surface area contributed by atoms with Crippen LogP contribution in [0.5, 0.6) is 5.75 Å². The Labute approximate surface area is 122 Å². The van der Waals surface area contributed by atoms with Gasteiger partial charge >= 0.3 is 0 Å². The van der Waals surface area contributed by atoms with Crippen molar-refractivity contribution in [3.05, 3.63) is 47.3 Å². The molecule has 0 aliphatic carbocycles. The van der Waals surface area contributed by atoms with Crippen LogP contribution in [0.2, 0.25) is 0 Å². The van der Waals surface area contributed by atoms with E-state index in [4.69, 9.17) is 10.5 Å². The average Bonchev–Trinajstić information content (AvgIpc) is 2.90. The lowest BCUT2D eigenvalue weighted by Crippen LogP contribution is -2.27. The number of ether oxygens (including phenoxy) is 1. The van der Waals surface area contributed by atoms with E-state index in [1.807, 2.05) is 24.3 Å². The first-order chi connectivity index (χ1) is 10.2. The molecule has 0 bridgehead atoms. The first-order valence-corrected chi connectivity index (χ1v) is 6.66. The van der Waals surface area contributed by atoms with Gasteiger partial charge in [-0.1, -0.05) is 12.1 Å². The van der Waals surface area contributed by atoms with Gasteiger partial charge in [-0.05, 0) is 17.7 Å². The lowest BCUT2D eigenvalue weighted by atomic mass is 10.1. The van der Waals surface area contributed by atoms with Crippen molar-refractivity contribution in [2.75, 3.05) is 12.8 Å². The molecule has 3 rings (SSSR count). The van der Waals surface area contributed by atoms with E-state index in [0.717, 1.165) is 22.6 Å². The molecule has 2 N–H and O–H groups in total. The van der Waals surface area contributed by atoms with Crippen LogP contribution in [-0.2, 0) is 24.3 Å². The van der Waals surface area contributed by atoms with Gasteiger partial charge in [-0.15, -0.1) is 0 Å². The van der Waals surface area contributed by atoms with Crippen molar-refractivity contribution >= 4 is 11.9 Å². The predicted molar refractivity (Wildman–Crippen MR) is 77.4 cm³/mol. The van der Waals surface area contributed by atoms with Crippen molar-refractivity contribution in [1.29, 1.82) is 0 Å². The highest BCUT2D eigenvalue weighted by Gasteiger charge is 2.25. The Morgan fingerprint density at radius 2 is 2.29 bits per heavy atom. The van der Waals surface area contributed by atoms with E-state index in [9.17, 15) is 4.79 Å². The van der Waals surface area contributed by atoms with Crippen LogP contribution in [0.15, 0.2) is 30.5 Å². The van der Waals surface area contributed by atoms with Crippen LogP contribution in [-0.4, -0.2) is 27.9 Å². The zero-order valence-electron chi connectivity index (χ0n) is 11.7. The highest BCUT2D eigenvalue weighted by molar-refractivity contribution is 5.79. The summed E-state index contributed by atoms with van der Waals surface area (Å²) in [6, 6.07) is 7.53. The van der Waals surface area contributed by atoms with Crippen LogP contribution in [0.1, 0.15) is 16.8 Å². The van der Waals surface area contributed by atoms with Crippen LogP contribution in [0.25, 0.3) is 0 Å². The summed E-state index contributed by atoms with van der Waals surface area (Å²) in [6.07, 6.45) is 2.03. The third kappa shape index (κ3) is 2.79. The zero-order chi connectivity index (χ0) is 14.8. The molecule has 0 saturated heterocycles. The number of carbonyl (C=O) groups excluding carboxylic acids is 1. The van der Waals surface area contributed by atoms with Crippen molar-refractivity contribution in [3.8, 4) is 5.75 Å². The number of anilines is 1. The van der Waals surface area contributed by atoms with Gasteiger partial charge in [0, 0.05) is 18.3 Å².